The quantitative estimate of drug-likeness (QED) is 0.564. The Morgan fingerprint density at radius 1 is 1.67 bits per heavy atom. The number of hydrogen-bond donors (Lipinski definition) is 1. The van der Waals surface area contributed by atoms with Crippen LogP contribution in [0.5, 0.6) is 0 Å². The molecule has 1 fully saturated rings. The van der Waals surface area contributed by atoms with Crippen molar-refractivity contribution in [3.63, 3.8) is 0 Å². The van der Waals surface area contributed by atoms with Gasteiger partial charge >= 0.3 is 0 Å². The van der Waals surface area contributed by atoms with Crippen molar-refractivity contribution >= 4 is 0 Å². The molecule has 3 nitrogen and oxygen atoms in total. The number of aliphatic hydroxyl groups is 1. The molecule has 0 aromatic carbocycles. The lowest BCUT2D eigenvalue weighted by atomic mass is 10.0. The van der Waals surface area contributed by atoms with E-state index in [1.807, 2.05) is 6.92 Å². The van der Waals surface area contributed by atoms with Crippen LogP contribution in [-0.4, -0.2) is 37.1 Å². The van der Waals surface area contributed by atoms with E-state index < -0.39 is 0 Å². The molecule has 0 amide bonds. The van der Waals surface area contributed by atoms with Crippen molar-refractivity contribution in [2.75, 3.05) is 13.7 Å². The molecule has 9 heavy (non-hydrogen) atoms. The molecular weight excluding hydrogens is 120 g/mol. The number of ether oxygens (including phenoxy) is 2. The molecule has 3 heteroatoms. The summed E-state index contributed by atoms with van der Waals surface area (Å²) in [5.41, 5.74) is 0. The highest BCUT2D eigenvalue weighted by atomic mass is 16.6. The minimum atomic E-state index is -0.329. The molecule has 0 radical (unpaired) electrons. The Morgan fingerprint density at radius 2 is 2.33 bits per heavy atom. The number of hydrogen-bond acceptors (Lipinski definition) is 3. The van der Waals surface area contributed by atoms with E-state index in [4.69, 9.17) is 14.6 Å². The Labute approximate surface area is 54.6 Å². The Bertz CT molecular complexity index is 92.3. The predicted octanol–water partition coefficient (Wildman–Crippen LogP) is -0.219. The van der Waals surface area contributed by atoms with E-state index in [0.717, 1.165) is 0 Å². The van der Waals surface area contributed by atoms with Crippen molar-refractivity contribution in [3.05, 3.63) is 0 Å². The summed E-state index contributed by atoms with van der Waals surface area (Å²) >= 11 is 0. The van der Waals surface area contributed by atoms with Gasteiger partial charge in [-0.3, -0.25) is 0 Å². The van der Waals surface area contributed by atoms with Crippen LogP contribution in [0, 0.1) is 0 Å². The summed E-state index contributed by atoms with van der Waals surface area (Å²) in [7, 11) is 1.60. The molecule has 0 saturated carbocycles. The smallest absolute Gasteiger partial charge is 0.110 e. The van der Waals surface area contributed by atoms with Gasteiger partial charge in [-0.25, -0.2) is 0 Å². The lowest BCUT2D eigenvalue weighted by Crippen LogP contribution is -2.54. The maximum absolute atomic E-state index is 9.10. The zero-order chi connectivity index (χ0) is 6.85. The van der Waals surface area contributed by atoms with Crippen molar-refractivity contribution in [2.45, 2.75) is 25.2 Å². The highest BCUT2D eigenvalue weighted by Crippen LogP contribution is 2.20. The van der Waals surface area contributed by atoms with E-state index >= 15 is 0 Å². The first-order valence-electron chi connectivity index (χ1n) is 3.08. The van der Waals surface area contributed by atoms with Crippen molar-refractivity contribution in [1.29, 1.82) is 0 Å². The molecule has 1 aliphatic heterocycles. The number of aliphatic hydroxyl groups excluding tert-OH is 1. The molecule has 0 spiro atoms. The first-order chi connectivity index (χ1) is 4.25. The third-order valence-corrected chi connectivity index (χ3v) is 1.58. The zero-order valence-corrected chi connectivity index (χ0v) is 5.70. The fourth-order valence-electron chi connectivity index (χ4n) is 0.952. The van der Waals surface area contributed by atoms with E-state index in [-0.39, 0.29) is 18.3 Å². The van der Waals surface area contributed by atoms with Gasteiger partial charge in [0.2, 0.25) is 0 Å². The maximum Gasteiger partial charge on any atom is 0.110 e. The van der Waals surface area contributed by atoms with E-state index in [1.165, 1.54) is 0 Å². The molecular formula is C6H12O3. The predicted molar refractivity (Wildman–Crippen MR) is 32.2 cm³/mol. The second-order valence-corrected chi connectivity index (χ2v) is 2.33. The summed E-state index contributed by atoms with van der Waals surface area (Å²) in [5, 5.41) is 9.10. The van der Waals surface area contributed by atoms with Crippen LogP contribution in [-0.2, 0) is 9.47 Å². The molecule has 3 unspecified atom stereocenters. The Kier molecular flexibility index (Phi) is 2.05. The molecule has 1 saturated heterocycles. The summed E-state index contributed by atoms with van der Waals surface area (Å²) in [5.74, 6) is 0. The molecule has 54 valence electrons. The van der Waals surface area contributed by atoms with Crippen LogP contribution in [0.3, 0.4) is 0 Å². The molecule has 0 aromatic heterocycles. The molecule has 0 bridgehead atoms. The van der Waals surface area contributed by atoms with Crippen molar-refractivity contribution in [1.82, 2.24) is 0 Å². The standard InChI is InChI=1S/C6H12O3/c1-4-6(7)5(9-4)3-8-2/h4-7H,3H2,1-2H3. The molecule has 0 aliphatic carbocycles. The largest absolute Gasteiger partial charge is 0.388 e. The van der Waals surface area contributed by atoms with E-state index in [2.05, 4.69) is 0 Å². The van der Waals surface area contributed by atoms with Gasteiger partial charge in [-0.15, -0.1) is 0 Å². The van der Waals surface area contributed by atoms with Gasteiger partial charge in [0.1, 0.15) is 12.2 Å². The van der Waals surface area contributed by atoms with Gasteiger partial charge in [-0.2, -0.15) is 0 Å². The van der Waals surface area contributed by atoms with Crippen LogP contribution in [0.25, 0.3) is 0 Å². The monoisotopic (exact) mass is 132 g/mol. The van der Waals surface area contributed by atoms with Crippen LogP contribution in [0.15, 0.2) is 0 Å². The normalized spacial score (nSPS) is 42.3. The van der Waals surface area contributed by atoms with E-state index in [0.29, 0.717) is 6.61 Å². The SMILES string of the molecule is COCC1OC(C)C1O. The summed E-state index contributed by atoms with van der Waals surface area (Å²) < 4.78 is 9.90. The third-order valence-electron chi connectivity index (χ3n) is 1.58. The van der Waals surface area contributed by atoms with Crippen molar-refractivity contribution in [3.8, 4) is 0 Å². The molecule has 0 aromatic rings. The van der Waals surface area contributed by atoms with E-state index in [1.54, 1.807) is 7.11 Å². The van der Waals surface area contributed by atoms with Gasteiger partial charge < -0.3 is 14.6 Å². The highest BCUT2D eigenvalue weighted by molar-refractivity contribution is 4.84. The van der Waals surface area contributed by atoms with Crippen LogP contribution >= 0.6 is 0 Å². The van der Waals surface area contributed by atoms with Crippen molar-refractivity contribution < 1.29 is 14.6 Å². The fraction of sp³-hybridized carbons (Fsp3) is 1.00. The van der Waals surface area contributed by atoms with Gasteiger partial charge in [-0.05, 0) is 6.92 Å². The lowest BCUT2D eigenvalue weighted by molar-refractivity contribution is -0.227. The first-order valence-corrected chi connectivity index (χ1v) is 3.08. The molecule has 1 N–H and O–H groups in total. The minimum absolute atomic E-state index is 0.00912. The number of rotatable bonds is 2. The summed E-state index contributed by atoms with van der Waals surface area (Å²) in [4.78, 5) is 0. The molecule has 1 heterocycles. The number of methoxy groups -OCH3 is 1. The van der Waals surface area contributed by atoms with E-state index in [9.17, 15) is 0 Å². The van der Waals surface area contributed by atoms with Crippen LogP contribution in [0.2, 0.25) is 0 Å². The third kappa shape index (κ3) is 1.23. The molecule has 3 atom stereocenters. The Hall–Kier alpha value is -0.120. The molecule has 1 rings (SSSR count). The summed E-state index contributed by atoms with van der Waals surface area (Å²) in [6.45, 7) is 2.34. The zero-order valence-electron chi connectivity index (χ0n) is 5.70. The van der Waals surface area contributed by atoms with Crippen LogP contribution in [0.1, 0.15) is 6.92 Å². The summed E-state index contributed by atoms with van der Waals surface area (Å²) in [6, 6.07) is 0. The average molecular weight is 132 g/mol. The van der Waals surface area contributed by atoms with Gasteiger partial charge in [0, 0.05) is 7.11 Å². The highest BCUT2D eigenvalue weighted by Gasteiger charge is 2.37. The Balaban J connectivity index is 2.17. The van der Waals surface area contributed by atoms with Gasteiger partial charge in [0.25, 0.3) is 0 Å². The minimum Gasteiger partial charge on any atom is -0.388 e. The topological polar surface area (TPSA) is 38.7 Å². The second kappa shape index (κ2) is 2.64. The summed E-state index contributed by atoms with van der Waals surface area (Å²) in [6.07, 6.45) is -0.430. The lowest BCUT2D eigenvalue weighted by Gasteiger charge is -2.38. The van der Waals surface area contributed by atoms with Gasteiger partial charge in [-0.1, -0.05) is 0 Å². The van der Waals surface area contributed by atoms with Gasteiger partial charge in [0.05, 0.1) is 12.7 Å². The molecule has 1 aliphatic rings. The second-order valence-electron chi connectivity index (χ2n) is 2.33. The van der Waals surface area contributed by atoms with Gasteiger partial charge in [0.15, 0.2) is 0 Å². The van der Waals surface area contributed by atoms with Crippen LogP contribution < -0.4 is 0 Å². The van der Waals surface area contributed by atoms with Crippen molar-refractivity contribution in [2.24, 2.45) is 0 Å². The fourth-order valence-corrected chi connectivity index (χ4v) is 0.952. The average Bonchev–Trinajstić information content (AvgIpc) is 1.88. The first kappa shape index (κ1) is 6.99. The van der Waals surface area contributed by atoms with Crippen LogP contribution in [0.4, 0.5) is 0 Å². The Morgan fingerprint density at radius 3 is 2.67 bits per heavy atom. The maximum atomic E-state index is 9.10.